The van der Waals surface area contributed by atoms with Crippen LogP contribution in [-0.4, -0.2) is 5.43 Å². The molecule has 0 amide bonds. The Balaban J connectivity index is 0.000000175. The summed E-state index contributed by atoms with van der Waals surface area (Å²) in [6.07, 6.45) is 7.13. The van der Waals surface area contributed by atoms with Crippen LogP contribution in [0.25, 0.3) is 111 Å². The maximum Gasteiger partial charge on any atom is 0.133 e. The molecule has 0 radical (unpaired) electrons. The Hall–Kier alpha value is -6.14. The van der Waals surface area contributed by atoms with E-state index in [9.17, 15) is 0 Å². The van der Waals surface area contributed by atoms with Gasteiger partial charge in [0.2, 0.25) is 0 Å². The fraction of sp³-hybridized carbons (Fsp3) is 0.156. The van der Waals surface area contributed by atoms with E-state index in [1.165, 1.54) is 88.3 Å². The molecule has 12 rings (SSSR count). The first-order valence-corrected chi connectivity index (χ1v) is 30.1. The van der Waals surface area contributed by atoms with Crippen LogP contribution in [0.15, 0.2) is 176 Å². The molecule has 0 aliphatic rings. The zero-order valence-corrected chi connectivity index (χ0v) is 47.4. The molecule has 0 saturated carbocycles. The van der Waals surface area contributed by atoms with Crippen LogP contribution in [0.3, 0.4) is 0 Å². The molecule has 4 nitrogen and oxygen atoms in total. The first-order valence-electron chi connectivity index (χ1n) is 23.9. The van der Waals surface area contributed by atoms with Crippen molar-refractivity contribution in [1.29, 1.82) is 0 Å². The molecule has 0 spiro atoms. The van der Waals surface area contributed by atoms with Gasteiger partial charge in [-0.2, -0.15) is 0 Å². The third-order valence-electron chi connectivity index (χ3n) is 13.4. The number of rotatable bonds is 6. The number of halogens is 2. The van der Waals surface area contributed by atoms with Crippen molar-refractivity contribution in [3.8, 4) is 67.2 Å². The standard InChI is InChI=1S/2C31H25O2.C2H6Si.2ClH.Zr/c2*1-18-9-19(2)11-26(10-18)31-21(4)20(3)12-24-14-25(15-28(24)31)30-16-27(17-33-30)22-5-6-29-23(13-22)7-8-32-29;1-3-2;;;/h2*5-17H,1-4H3;1-2H3;2*1H;/q2*-1;;;;+2/p-2. The third kappa shape index (κ3) is 10.7. The number of aryl methyl sites for hydroxylation is 6. The summed E-state index contributed by atoms with van der Waals surface area (Å²) in [5, 5.41) is 7.24. The molecule has 8 aromatic carbocycles. The summed E-state index contributed by atoms with van der Waals surface area (Å²) >= 11 is 1.74. The van der Waals surface area contributed by atoms with Crippen molar-refractivity contribution in [3.05, 3.63) is 203 Å². The van der Waals surface area contributed by atoms with Gasteiger partial charge in [0.05, 0.1) is 36.6 Å². The summed E-state index contributed by atoms with van der Waals surface area (Å²) in [5.41, 5.74) is 24.2. The maximum absolute atomic E-state index is 6.05. The molecule has 0 aliphatic carbocycles. The van der Waals surface area contributed by atoms with Gasteiger partial charge in [0.15, 0.2) is 0 Å². The van der Waals surface area contributed by atoms with E-state index >= 15 is 0 Å². The average Bonchev–Trinajstić information content (AvgIpc) is 4.17. The molecule has 12 aromatic rings. The number of hydrogen-bond donors (Lipinski definition) is 0. The SMILES string of the molecule is C[Si](C)=[Zr+2].Cc1cc(C)cc(-c2c(C)c(C)cc3[cH-]c(-c4cc(-c5ccc6occc6c5)co4)cc23)c1.Cc1cc(C)cc(-c2c(C)c(C)cc3[cH-]c(-c4cc(-c5ccc6occc6c5)co4)cc23)c1.[Cl-].[Cl-]. The van der Waals surface area contributed by atoms with Crippen LogP contribution in [0.4, 0.5) is 0 Å². The summed E-state index contributed by atoms with van der Waals surface area (Å²) < 4.78 is 23.0. The van der Waals surface area contributed by atoms with Crippen molar-refractivity contribution in [1.82, 2.24) is 0 Å². The van der Waals surface area contributed by atoms with Crippen molar-refractivity contribution in [2.24, 2.45) is 0 Å². The van der Waals surface area contributed by atoms with E-state index in [0.717, 1.165) is 66.8 Å². The van der Waals surface area contributed by atoms with Crippen molar-refractivity contribution in [2.45, 2.75) is 68.5 Å². The van der Waals surface area contributed by atoms with Gasteiger partial charge in [-0.25, -0.2) is 0 Å². The van der Waals surface area contributed by atoms with E-state index in [0.29, 0.717) is 0 Å². The Morgan fingerprint density at radius 3 is 1.15 bits per heavy atom. The van der Waals surface area contributed by atoms with Crippen LogP contribution in [0.2, 0.25) is 13.1 Å². The van der Waals surface area contributed by atoms with Crippen LogP contribution in [-0.2, 0) is 23.3 Å². The van der Waals surface area contributed by atoms with Gasteiger partial charge in [0, 0.05) is 21.9 Å². The Kier molecular flexibility index (Phi) is 15.6. The molecule has 8 heteroatoms. The second-order valence-corrected chi connectivity index (χ2v) is 28.8. The van der Waals surface area contributed by atoms with Gasteiger partial charge in [-0.1, -0.05) is 104 Å². The van der Waals surface area contributed by atoms with Crippen LogP contribution < -0.4 is 24.8 Å². The van der Waals surface area contributed by atoms with Gasteiger partial charge >= 0.3 is 41.9 Å². The monoisotopic (exact) mass is 1080 g/mol. The number of furan rings is 4. The van der Waals surface area contributed by atoms with E-state index in [4.69, 9.17) is 17.7 Å². The predicted molar refractivity (Wildman–Crippen MR) is 291 cm³/mol. The molecule has 360 valence electrons. The zero-order valence-electron chi connectivity index (χ0n) is 42.4. The Morgan fingerprint density at radius 2 is 0.778 bits per heavy atom. The molecule has 0 bridgehead atoms. The van der Waals surface area contributed by atoms with Gasteiger partial charge in [0.25, 0.3) is 0 Å². The molecule has 0 atom stereocenters. The predicted octanol–water partition coefficient (Wildman–Crippen LogP) is 13.1. The largest absolute Gasteiger partial charge is 1.00 e. The second kappa shape index (κ2) is 21.5. The molecule has 0 fully saturated rings. The first kappa shape index (κ1) is 52.2. The van der Waals surface area contributed by atoms with Gasteiger partial charge < -0.3 is 42.5 Å². The first-order chi connectivity index (χ1) is 33.6. The second-order valence-electron chi connectivity index (χ2n) is 19.4. The van der Waals surface area contributed by atoms with E-state index in [1.54, 1.807) is 35.9 Å². The number of hydrogen-bond acceptors (Lipinski definition) is 4. The van der Waals surface area contributed by atoms with Crippen molar-refractivity contribution in [2.75, 3.05) is 0 Å². The van der Waals surface area contributed by atoms with Gasteiger partial charge in [-0.15, -0.1) is 57.9 Å². The molecular formula is C64H56Cl2O4SiZr-2. The fourth-order valence-corrected chi connectivity index (χ4v) is 10.0. The summed E-state index contributed by atoms with van der Waals surface area (Å²) in [4.78, 5) is 0. The summed E-state index contributed by atoms with van der Waals surface area (Å²) in [7, 11) is 0. The summed E-state index contributed by atoms with van der Waals surface area (Å²) in [6, 6.07) is 47.9. The Morgan fingerprint density at radius 1 is 0.403 bits per heavy atom. The zero-order chi connectivity index (χ0) is 49.0. The quantitative estimate of drug-likeness (QED) is 0.123. The van der Waals surface area contributed by atoms with Crippen molar-refractivity contribution >= 4 is 48.9 Å². The van der Waals surface area contributed by atoms with Gasteiger partial charge in [0.1, 0.15) is 11.2 Å². The molecule has 72 heavy (non-hydrogen) atoms. The maximum atomic E-state index is 6.05. The smallest absolute Gasteiger partial charge is 0.133 e. The minimum Gasteiger partial charge on any atom is -1.00 e. The van der Waals surface area contributed by atoms with Crippen molar-refractivity contribution in [3.63, 3.8) is 0 Å². The van der Waals surface area contributed by atoms with Crippen LogP contribution in [0, 0.1) is 55.4 Å². The number of fused-ring (bicyclic) bond motifs is 4. The van der Waals surface area contributed by atoms with E-state index in [2.05, 4.69) is 178 Å². The molecule has 0 unspecified atom stereocenters. The minimum atomic E-state index is 0. The fourth-order valence-electron chi connectivity index (χ4n) is 10.0. The van der Waals surface area contributed by atoms with Crippen LogP contribution in [0.1, 0.15) is 44.5 Å². The van der Waals surface area contributed by atoms with E-state index < -0.39 is 0 Å². The van der Waals surface area contributed by atoms with Crippen molar-refractivity contribution < 1.29 is 65.8 Å². The topological polar surface area (TPSA) is 52.6 Å². The summed E-state index contributed by atoms with van der Waals surface area (Å²) in [6.45, 7) is 22.1. The van der Waals surface area contributed by atoms with Gasteiger partial charge in [-0.05, 0) is 137 Å². The van der Waals surface area contributed by atoms with Crippen LogP contribution in [0.5, 0.6) is 0 Å². The molecule has 4 aromatic heterocycles. The number of benzene rings is 6. The van der Waals surface area contributed by atoms with Crippen LogP contribution >= 0.6 is 0 Å². The Labute approximate surface area is 450 Å². The molecule has 0 saturated heterocycles. The summed E-state index contributed by atoms with van der Waals surface area (Å²) in [5.74, 6) is 1.77. The molecule has 0 N–H and O–H groups in total. The van der Waals surface area contributed by atoms with Gasteiger partial charge in [-0.3, -0.25) is 0 Å². The molecule has 0 aliphatic heterocycles. The van der Waals surface area contributed by atoms with E-state index in [-0.39, 0.29) is 30.2 Å². The molecular weight excluding hydrogens is 1020 g/mol. The van der Waals surface area contributed by atoms with E-state index in [1.807, 2.05) is 36.8 Å². The minimum absolute atomic E-state index is 0. The average molecular weight is 1080 g/mol. The molecule has 4 heterocycles. The third-order valence-corrected chi connectivity index (χ3v) is 13.4. The Bertz CT molecular complexity index is 3650. The normalized spacial score (nSPS) is 11.1.